The predicted octanol–water partition coefficient (Wildman–Crippen LogP) is 4.04. The number of fused-ring (bicyclic) bond motifs is 3. The number of benzene rings is 3. The molecule has 1 unspecified atom stereocenters. The molecule has 3 aromatic rings. The van der Waals surface area contributed by atoms with Gasteiger partial charge in [-0.15, -0.1) is 0 Å². The summed E-state index contributed by atoms with van der Waals surface area (Å²) in [7, 11) is -4.44. The van der Waals surface area contributed by atoms with Crippen LogP contribution in [0.1, 0.15) is 59.0 Å². The second-order valence-corrected chi connectivity index (χ2v) is 10.0. The third kappa shape index (κ3) is 3.77. The zero-order chi connectivity index (χ0) is 25.6. The summed E-state index contributed by atoms with van der Waals surface area (Å²) < 4.78 is 32.1. The molecule has 3 aromatic carbocycles. The van der Waals surface area contributed by atoms with Crippen LogP contribution >= 0.6 is 0 Å². The molecule has 1 N–H and O–H groups in total. The maximum Gasteiger partial charge on any atom is 0.272 e. The Bertz CT molecular complexity index is 1550. The topological polar surface area (TPSA) is 123 Å². The summed E-state index contributed by atoms with van der Waals surface area (Å²) in [6, 6.07) is 20.2. The summed E-state index contributed by atoms with van der Waals surface area (Å²) in [5.41, 5.74) is 2.40. The summed E-state index contributed by atoms with van der Waals surface area (Å²) in [6.07, 6.45) is 2.92. The fourth-order valence-corrected chi connectivity index (χ4v) is 5.53. The SMILES string of the molecule is O=C1C2=C(C(=O)c3ccccc31)C(S(=O)(=O)O)CC=C2.O=C1c2ccccc2C(=O)c2ccccc21. The molecule has 0 aromatic heterocycles. The third-order valence-electron chi connectivity index (χ3n) is 6.34. The van der Waals surface area contributed by atoms with Crippen LogP contribution in [-0.4, -0.2) is 41.4 Å². The van der Waals surface area contributed by atoms with E-state index < -0.39 is 21.2 Å². The molecule has 0 saturated carbocycles. The Morgan fingerprint density at radius 2 is 0.944 bits per heavy atom. The molecular weight excluding hydrogens is 480 g/mol. The Hall–Kier alpha value is -4.27. The predicted molar refractivity (Wildman–Crippen MR) is 131 cm³/mol. The zero-order valence-corrected chi connectivity index (χ0v) is 19.5. The van der Waals surface area contributed by atoms with Crippen LogP contribution in [0.25, 0.3) is 0 Å². The summed E-state index contributed by atoms with van der Waals surface area (Å²) in [5, 5.41) is -1.37. The van der Waals surface area contributed by atoms with Crippen molar-refractivity contribution in [2.24, 2.45) is 0 Å². The molecule has 0 bridgehead atoms. The number of carbonyl (C=O) groups is 4. The molecule has 3 aliphatic rings. The lowest BCUT2D eigenvalue weighted by Gasteiger charge is -2.26. The Balaban J connectivity index is 0.000000152. The van der Waals surface area contributed by atoms with Gasteiger partial charge in [0.25, 0.3) is 10.1 Å². The van der Waals surface area contributed by atoms with Crippen LogP contribution in [0.4, 0.5) is 0 Å². The van der Waals surface area contributed by atoms with Gasteiger partial charge in [-0.05, 0) is 6.42 Å². The van der Waals surface area contributed by atoms with E-state index in [-0.39, 0.29) is 46.0 Å². The standard InChI is InChI=1S/C14H10O5S.C14H8O2/c15-13-8-4-1-2-5-9(8)14(16)12-10(13)6-3-7-11(12)20(17,18)19;15-13-9-5-1-2-6-10(9)14(16)12-8-4-3-7-11(12)13/h1-6,11H,7H2,(H,17,18,19);1-8H. The zero-order valence-electron chi connectivity index (χ0n) is 18.7. The van der Waals surface area contributed by atoms with E-state index in [0.29, 0.717) is 22.3 Å². The van der Waals surface area contributed by atoms with Crippen molar-refractivity contribution in [3.05, 3.63) is 129 Å². The first kappa shape index (κ1) is 23.5. The molecule has 1 atom stereocenters. The number of rotatable bonds is 1. The highest BCUT2D eigenvalue weighted by Crippen LogP contribution is 2.35. The monoisotopic (exact) mass is 498 g/mol. The summed E-state index contributed by atoms with van der Waals surface area (Å²) in [4.78, 5) is 49.0. The van der Waals surface area contributed by atoms with E-state index in [1.54, 1.807) is 60.7 Å². The number of carbonyl (C=O) groups excluding carboxylic acids is 4. The molecule has 0 spiro atoms. The van der Waals surface area contributed by atoms with Gasteiger partial charge in [-0.3, -0.25) is 23.7 Å². The van der Waals surface area contributed by atoms with Gasteiger partial charge in [-0.2, -0.15) is 8.42 Å². The fraction of sp³-hybridized carbons (Fsp3) is 0.0714. The van der Waals surface area contributed by atoms with Crippen LogP contribution in [0.3, 0.4) is 0 Å². The van der Waals surface area contributed by atoms with Crippen LogP contribution in [-0.2, 0) is 10.1 Å². The van der Waals surface area contributed by atoms with Crippen molar-refractivity contribution in [1.29, 1.82) is 0 Å². The molecule has 0 heterocycles. The van der Waals surface area contributed by atoms with E-state index in [4.69, 9.17) is 0 Å². The van der Waals surface area contributed by atoms with E-state index >= 15 is 0 Å². The molecule has 36 heavy (non-hydrogen) atoms. The van der Waals surface area contributed by atoms with Gasteiger partial charge >= 0.3 is 0 Å². The van der Waals surface area contributed by atoms with Gasteiger partial charge in [0.1, 0.15) is 5.25 Å². The molecule has 6 rings (SSSR count). The van der Waals surface area contributed by atoms with Gasteiger partial charge in [0, 0.05) is 44.5 Å². The molecule has 8 heteroatoms. The molecule has 0 fully saturated rings. The van der Waals surface area contributed by atoms with Crippen LogP contribution < -0.4 is 0 Å². The van der Waals surface area contributed by atoms with E-state index in [2.05, 4.69) is 0 Å². The minimum atomic E-state index is -4.44. The highest BCUT2D eigenvalue weighted by Gasteiger charge is 2.41. The molecule has 0 amide bonds. The molecular formula is C28H18O7S. The van der Waals surface area contributed by atoms with Gasteiger partial charge in [0.05, 0.1) is 0 Å². The van der Waals surface area contributed by atoms with Gasteiger partial charge in [-0.25, -0.2) is 0 Å². The van der Waals surface area contributed by atoms with Gasteiger partial charge in [-0.1, -0.05) is 84.9 Å². The van der Waals surface area contributed by atoms with E-state index in [1.807, 2.05) is 0 Å². The summed E-state index contributed by atoms with van der Waals surface area (Å²) >= 11 is 0. The summed E-state index contributed by atoms with van der Waals surface area (Å²) in [5.74, 6) is -1.03. The van der Waals surface area contributed by atoms with Crippen molar-refractivity contribution in [2.75, 3.05) is 0 Å². The van der Waals surface area contributed by atoms with Crippen molar-refractivity contribution < 1.29 is 32.1 Å². The lowest BCUT2D eigenvalue weighted by atomic mass is 9.80. The van der Waals surface area contributed by atoms with E-state index in [1.165, 1.54) is 24.3 Å². The summed E-state index contributed by atoms with van der Waals surface area (Å²) in [6.45, 7) is 0. The highest BCUT2D eigenvalue weighted by molar-refractivity contribution is 7.86. The first-order valence-corrected chi connectivity index (χ1v) is 12.5. The van der Waals surface area contributed by atoms with Crippen molar-refractivity contribution in [1.82, 2.24) is 0 Å². The van der Waals surface area contributed by atoms with Crippen LogP contribution in [0.5, 0.6) is 0 Å². The Morgan fingerprint density at radius 1 is 0.583 bits per heavy atom. The molecule has 0 aliphatic heterocycles. The van der Waals surface area contributed by atoms with Gasteiger partial charge in [0.15, 0.2) is 23.1 Å². The lowest BCUT2D eigenvalue weighted by molar-refractivity contribution is 0.0974. The molecule has 3 aliphatic carbocycles. The largest absolute Gasteiger partial charge is 0.289 e. The first-order chi connectivity index (χ1) is 17.2. The van der Waals surface area contributed by atoms with Gasteiger partial charge in [0.2, 0.25) is 0 Å². The van der Waals surface area contributed by atoms with E-state index in [0.717, 1.165) is 0 Å². The molecule has 0 saturated heterocycles. The van der Waals surface area contributed by atoms with E-state index in [9.17, 15) is 32.1 Å². The number of allylic oxidation sites excluding steroid dienone is 3. The van der Waals surface area contributed by atoms with Crippen LogP contribution in [0.2, 0.25) is 0 Å². The third-order valence-corrected chi connectivity index (χ3v) is 7.49. The van der Waals surface area contributed by atoms with Crippen molar-refractivity contribution in [2.45, 2.75) is 11.7 Å². The maximum atomic E-state index is 12.4. The average Bonchev–Trinajstić information content (AvgIpc) is 2.90. The molecule has 178 valence electrons. The van der Waals surface area contributed by atoms with Crippen molar-refractivity contribution >= 4 is 33.3 Å². The second kappa shape index (κ2) is 8.75. The Labute approximate surface area is 206 Å². The quantitative estimate of drug-likeness (QED) is 0.393. The number of ketones is 4. The number of Topliss-reactive ketones (excluding diaryl/α,β-unsaturated/α-hetero) is 2. The van der Waals surface area contributed by atoms with Crippen LogP contribution in [0.15, 0.2) is 96.1 Å². The number of hydrogen-bond donors (Lipinski definition) is 1. The lowest BCUT2D eigenvalue weighted by Crippen LogP contribution is -2.34. The van der Waals surface area contributed by atoms with Gasteiger partial charge < -0.3 is 0 Å². The average molecular weight is 499 g/mol. The molecule has 7 nitrogen and oxygen atoms in total. The normalized spacial score (nSPS) is 18.0. The Morgan fingerprint density at radius 3 is 1.33 bits per heavy atom. The minimum absolute atomic E-state index is 0.0150. The smallest absolute Gasteiger partial charge is 0.272 e. The minimum Gasteiger partial charge on any atom is -0.289 e. The molecule has 0 radical (unpaired) electrons. The van der Waals surface area contributed by atoms with Crippen molar-refractivity contribution in [3.63, 3.8) is 0 Å². The first-order valence-electron chi connectivity index (χ1n) is 11.0. The number of hydrogen-bond acceptors (Lipinski definition) is 6. The Kier molecular flexibility index (Phi) is 5.70. The highest BCUT2D eigenvalue weighted by atomic mass is 32.2. The van der Waals surface area contributed by atoms with Crippen molar-refractivity contribution in [3.8, 4) is 0 Å². The fourth-order valence-electron chi connectivity index (χ4n) is 4.65. The maximum absolute atomic E-state index is 12.4. The second-order valence-electron chi connectivity index (χ2n) is 8.42. The van der Waals surface area contributed by atoms with Crippen LogP contribution in [0, 0.1) is 0 Å².